The maximum atomic E-state index is 6.34. The lowest BCUT2D eigenvalue weighted by Crippen LogP contribution is -2.10. The average molecular weight is 699 g/mol. The van der Waals surface area contributed by atoms with Gasteiger partial charge in [-0.2, -0.15) is 0 Å². The molecular formula is C49H38N4O. The summed E-state index contributed by atoms with van der Waals surface area (Å²) in [6.45, 7) is 4.46. The highest BCUT2D eigenvalue weighted by atomic mass is 16.3. The Morgan fingerprint density at radius 2 is 1.39 bits per heavy atom. The zero-order valence-corrected chi connectivity index (χ0v) is 30.3. The largest absolute Gasteiger partial charge is 0.456 e. The minimum Gasteiger partial charge on any atom is -0.456 e. The Morgan fingerprint density at radius 3 is 2.22 bits per heavy atom. The van der Waals surface area contributed by atoms with Gasteiger partial charge in [0.2, 0.25) is 0 Å². The lowest BCUT2D eigenvalue weighted by Gasteiger charge is -2.21. The molecule has 0 fully saturated rings. The molecule has 6 aromatic carbocycles. The minimum absolute atomic E-state index is 0.0784. The Hall–Kier alpha value is -6.59. The third-order valence-corrected chi connectivity index (χ3v) is 11.0. The summed E-state index contributed by atoms with van der Waals surface area (Å²) in [5.74, 6) is 2.94. The van der Waals surface area contributed by atoms with Gasteiger partial charge in [-0.15, -0.1) is 0 Å². The van der Waals surface area contributed by atoms with Crippen LogP contribution in [0.3, 0.4) is 0 Å². The minimum atomic E-state index is -0.0784. The van der Waals surface area contributed by atoms with Crippen LogP contribution in [0.2, 0.25) is 0 Å². The molecule has 3 heterocycles. The summed E-state index contributed by atoms with van der Waals surface area (Å²) in [6, 6.07) is 49.5. The van der Waals surface area contributed by atoms with Gasteiger partial charge in [0.05, 0.1) is 11.0 Å². The first kappa shape index (κ1) is 32.1. The second kappa shape index (κ2) is 13.1. The standard InChI is InChI=1S/C49H38N4O/c1-3-35(49-51-47(32-16-6-4-7-17-32)50-48(52-49)33-26-27-40-39-23-13-15-25-45(39)54-46(40)29-33)36-20-10-11-21-37(36)41-30-44-42(28-31(41)2)38-22-12-14-24-43(38)53(44)34-18-8-5-9-19-34/h4-12,14-22,24-30,35H,3,13,23H2,1-2H3. The Morgan fingerprint density at radius 1 is 0.648 bits per heavy atom. The van der Waals surface area contributed by atoms with Crippen LogP contribution in [-0.2, 0) is 6.42 Å². The van der Waals surface area contributed by atoms with Crippen molar-refractivity contribution in [2.75, 3.05) is 0 Å². The first-order chi connectivity index (χ1) is 26.6. The van der Waals surface area contributed by atoms with E-state index in [2.05, 4.69) is 152 Å². The van der Waals surface area contributed by atoms with Crippen molar-refractivity contribution in [2.24, 2.45) is 0 Å². The maximum Gasteiger partial charge on any atom is 0.163 e. The van der Waals surface area contributed by atoms with E-state index >= 15 is 0 Å². The number of aryl methyl sites for hydroxylation is 2. The summed E-state index contributed by atoms with van der Waals surface area (Å²) >= 11 is 0. The topological polar surface area (TPSA) is 56.7 Å². The van der Waals surface area contributed by atoms with Crippen molar-refractivity contribution in [3.05, 3.63) is 174 Å². The molecule has 1 unspecified atom stereocenters. The van der Waals surface area contributed by atoms with Crippen molar-refractivity contribution in [3.63, 3.8) is 0 Å². The van der Waals surface area contributed by atoms with Crippen LogP contribution >= 0.6 is 0 Å². The van der Waals surface area contributed by atoms with Crippen molar-refractivity contribution in [1.82, 2.24) is 19.5 Å². The highest BCUT2D eigenvalue weighted by Gasteiger charge is 2.24. The number of para-hydroxylation sites is 2. The summed E-state index contributed by atoms with van der Waals surface area (Å²) in [5.41, 5.74) is 12.4. The smallest absolute Gasteiger partial charge is 0.163 e. The van der Waals surface area contributed by atoms with E-state index in [1.807, 2.05) is 18.2 Å². The van der Waals surface area contributed by atoms with Crippen LogP contribution in [0.4, 0.5) is 0 Å². The molecule has 1 aliphatic carbocycles. The van der Waals surface area contributed by atoms with Crippen LogP contribution < -0.4 is 0 Å². The van der Waals surface area contributed by atoms with Crippen LogP contribution in [0.15, 0.2) is 150 Å². The zero-order valence-electron chi connectivity index (χ0n) is 30.3. The average Bonchev–Trinajstić information content (AvgIpc) is 3.76. The van der Waals surface area contributed by atoms with E-state index in [1.54, 1.807) is 0 Å². The highest BCUT2D eigenvalue weighted by Crippen LogP contribution is 2.41. The molecule has 0 saturated heterocycles. The molecule has 0 amide bonds. The molecule has 10 rings (SSSR count). The molecule has 0 radical (unpaired) electrons. The molecule has 260 valence electrons. The maximum absolute atomic E-state index is 6.34. The predicted molar refractivity (Wildman–Crippen MR) is 221 cm³/mol. The van der Waals surface area contributed by atoms with Crippen molar-refractivity contribution >= 4 is 38.9 Å². The lowest BCUT2D eigenvalue weighted by molar-refractivity contribution is 0.595. The SMILES string of the molecule is CCC(c1nc(-c2ccccc2)nc(-c2ccc3c4c(oc3c2)C=CCC4)n1)c1ccccc1-c1cc2c(cc1C)c1ccccc1n2-c1ccccc1. The summed E-state index contributed by atoms with van der Waals surface area (Å²) in [4.78, 5) is 15.6. The quantitative estimate of drug-likeness (QED) is 0.166. The third-order valence-electron chi connectivity index (χ3n) is 11.0. The fourth-order valence-electron chi connectivity index (χ4n) is 8.37. The first-order valence-electron chi connectivity index (χ1n) is 18.9. The number of hydrogen-bond donors (Lipinski definition) is 0. The Bertz CT molecular complexity index is 2880. The fraction of sp³-hybridized carbons (Fsp3) is 0.122. The predicted octanol–water partition coefficient (Wildman–Crippen LogP) is 12.5. The van der Waals surface area contributed by atoms with Gasteiger partial charge >= 0.3 is 0 Å². The van der Waals surface area contributed by atoms with Crippen LogP contribution in [0.5, 0.6) is 0 Å². The lowest BCUT2D eigenvalue weighted by atomic mass is 9.86. The Labute approximate surface area is 314 Å². The normalized spacial score (nSPS) is 13.1. The van der Waals surface area contributed by atoms with Crippen molar-refractivity contribution in [1.29, 1.82) is 0 Å². The van der Waals surface area contributed by atoms with Crippen LogP contribution in [0.25, 0.3) is 78.4 Å². The Kier molecular flexibility index (Phi) is 7.80. The van der Waals surface area contributed by atoms with Gasteiger partial charge in [-0.05, 0) is 90.9 Å². The number of furan rings is 1. The molecule has 5 heteroatoms. The van der Waals surface area contributed by atoms with Gasteiger partial charge in [-0.1, -0.05) is 116 Å². The molecule has 0 spiro atoms. The Balaban J connectivity index is 1.14. The number of nitrogens with zero attached hydrogens (tertiary/aromatic N) is 4. The van der Waals surface area contributed by atoms with Gasteiger partial charge in [0.1, 0.15) is 17.2 Å². The van der Waals surface area contributed by atoms with E-state index in [1.165, 1.54) is 49.6 Å². The fourth-order valence-corrected chi connectivity index (χ4v) is 8.37. The highest BCUT2D eigenvalue weighted by molar-refractivity contribution is 6.10. The molecule has 0 aliphatic heterocycles. The molecule has 9 aromatic rings. The van der Waals surface area contributed by atoms with E-state index in [9.17, 15) is 0 Å². The molecule has 0 bridgehead atoms. The second-order valence-electron chi connectivity index (χ2n) is 14.2. The van der Waals surface area contributed by atoms with Crippen molar-refractivity contribution in [3.8, 4) is 39.6 Å². The van der Waals surface area contributed by atoms with E-state index < -0.39 is 0 Å². The van der Waals surface area contributed by atoms with E-state index in [0.29, 0.717) is 11.6 Å². The van der Waals surface area contributed by atoms with E-state index in [-0.39, 0.29) is 5.92 Å². The second-order valence-corrected chi connectivity index (χ2v) is 14.2. The molecular weight excluding hydrogens is 661 g/mol. The van der Waals surface area contributed by atoms with Gasteiger partial charge in [0.15, 0.2) is 11.6 Å². The number of hydrogen-bond acceptors (Lipinski definition) is 4. The number of rotatable bonds is 7. The molecule has 5 nitrogen and oxygen atoms in total. The summed E-state index contributed by atoms with van der Waals surface area (Å²) in [6.07, 6.45) is 7.12. The van der Waals surface area contributed by atoms with Gasteiger partial charge in [-0.3, -0.25) is 0 Å². The zero-order chi connectivity index (χ0) is 36.2. The molecule has 0 N–H and O–H groups in total. The first-order valence-corrected chi connectivity index (χ1v) is 18.9. The van der Waals surface area contributed by atoms with Crippen molar-refractivity contribution < 1.29 is 4.42 Å². The van der Waals surface area contributed by atoms with Gasteiger partial charge in [0, 0.05) is 44.5 Å². The van der Waals surface area contributed by atoms with Crippen LogP contribution in [0, 0.1) is 6.92 Å². The number of fused-ring (bicyclic) bond motifs is 6. The van der Waals surface area contributed by atoms with Gasteiger partial charge in [-0.25, -0.2) is 15.0 Å². The monoisotopic (exact) mass is 698 g/mol. The number of benzene rings is 6. The van der Waals surface area contributed by atoms with Crippen LogP contribution in [-0.4, -0.2) is 19.5 Å². The van der Waals surface area contributed by atoms with Crippen LogP contribution in [0.1, 0.15) is 54.0 Å². The molecule has 3 aromatic heterocycles. The number of aromatic nitrogens is 4. The summed E-state index contributed by atoms with van der Waals surface area (Å²) < 4.78 is 8.73. The molecule has 1 atom stereocenters. The number of allylic oxidation sites excluding steroid dienone is 1. The summed E-state index contributed by atoms with van der Waals surface area (Å²) in [7, 11) is 0. The van der Waals surface area contributed by atoms with E-state index in [0.717, 1.165) is 58.6 Å². The molecule has 54 heavy (non-hydrogen) atoms. The van der Waals surface area contributed by atoms with Gasteiger partial charge < -0.3 is 8.98 Å². The molecule has 0 saturated carbocycles. The van der Waals surface area contributed by atoms with E-state index in [4.69, 9.17) is 19.4 Å². The van der Waals surface area contributed by atoms with Gasteiger partial charge in [0.25, 0.3) is 0 Å². The summed E-state index contributed by atoms with van der Waals surface area (Å²) in [5, 5.41) is 3.66. The molecule has 1 aliphatic rings. The van der Waals surface area contributed by atoms with Crippen molar-refractivity contribution in [2.45, 2.75) is 39.0 Å². The third kappa shape index (κ3) is 5.35.